The molecule has 2 rings (SSSR count). The first-order chi connectivity index (χ1) is 9.25. The average Bonchev–Trinajstić information content (AvgIpc) is 2.66. The van der Waals surface area contributed by atoms with Crippen LogP contribution in [0.25, 0.3) is 5.69 Å². The molecule has 20 heavy (non-hydrogen) atoms. The molecule has 1 aromatic heterocycles. The van der Waals surface area contributed by atoms with Gasteiger partial charge in [-0.25, -0.2) is 9.07 Å². The second kappa shape index (κ2) is 5.38. The topological polar surface area (TPSA) is 17.8 Å². The van der Waals surface area contributed by atoms with Crippen molar-refractivity contribution < 1.29 is 4.39 Å². The van der Waals surface area contributed by atoms with E-state index < -0.39 is 0 Å². The Hall–Kier alpha value is -1.06. The maximum Gasteiger partial charge on any atom is 0.137 e. The number of nitrogens with zero attached hydrogens (tertiary/aromatic N) is 2. The monoisotopic (exact) mass is 314 g/mol. The first-order valence-electron chi connectivity index (χ1n) is 6.36. The van der Waals surface area contributed by atoms with E-state index in [4.69, 9.17) is 23.2 Å². The molecule has 0 saturated carbocycles. The van der Waals surface area contributed by atoms with Crippen LogP contribution >= 0.6 is 23.2 Å². The van der Waals surface area contributed by atoms with Gasteiger partial charge in [0.1, 0.15) is 11.0 Å². The summed E-state index contributed by atoms with van der Waals surface area (Å²) in [6.45, 7) is 8.00. The number of aryl methyl sites for hydroxylation is 1. The smallest absolute Gasteiger partial charge is 0.137 e. The zero-order chi connectivity index (χ0) is 15.1. The lowest BCUT2D eigenvalue weighted by Crippen LogP contribution is -2.14. The highest BCUT2D eigenvalue weighted by Crippen LogP contribution is 2.33. The summed E-state index contributed by atoms with van der Waals surface area (Å²) < 4.78 is 14.9. The summed E-state index contributed by atoms with van der Waals surface area (Å²) in [6, 6.07) is 4.54. The predicted molar refractivity (Wildman–Crippen MR) is 81.5 cm³/mol. The standard InChI is InChI=1S/C15H17Cl2FN2/c1-9-7-10(18)5-6-12(9)20-14(17)11(8-16)13(19-20)15(2,3)4/h5-7H,8H2,1-4H3. The minimum absolute atomic E-state index is 0.160. The van der Waals surface area contributed by atoms with Gasteiger partial charge in [-0.3, -0.25) is 0 Å². The van der Waals surface area contributed by atoms with E-state index in [0.717, 1.165) is 22.5 Å². The van der Waals surface area contributed by atoms with Gasteiger partial charge in [-0.2, -0.15) is 5.10 Å². The highest BCUT2D eigenvalue weighted by atomic mass is 35.5. The van der Waals surface area contributed by atoms with Crippen LogP contribution in [0.2, 0.25) is 5.15 Å². The fourth-order valence-electron chi connectivity index (χ4n) is 2.17. The molecule has 1 heterocycles. The maximum absolute atomic E-state index is 13.2. The van der Waals surface area contributed by atoms with Crippen LogP contribution in [0.5, 0.6) is 0 Å². The molecule has 1 aromatic carbocycles. The van der Waals surface area contributed by atoms with E-state index in [1.54, 1.807) is 10.7 Å². The molecule has 2 aromatic rings. The summed E-state index contributed by atoms with van der Waals surface area (Å²) in [5.74, 6) is 0.0224. The fraction of sp³-hybridized carbons (Fsp3) is 0.400. The largest absolute Gasteiger partial charge is 0.221 e. The molecule has 0 radical (unpaired) electrons. The van der Waals surface area contributed by atoms with E-state index in [1.807, 2.05) is 6.92 Å². The van der Waals surface area contributed by atoms with Crippen LogP contribution in [0.15, 0.2) is 18.2 Å². The van der Waals surface area contributed by atoms with Gasteiger partial charge in [-0.05, 0) is 30.7 Å². The van der Waals surface area contributed by atoms with Crippen molar-refractivity contribution in [2.75, 3.05) is 0 Å². The van der Waals surface area contributed by atoms with Crippen molar-refractivity contribution in [2.24, 2.45) is 0 Å². The van der Waals surface area contributed by atoms with Gasteiger partial charge in [0.15, 0.2) is 0 Å². The van der Waals surface area contributed by atoms with Gasteiger partial charge in [-0.15, -0.1) is 11.6 Å². The Balaban J connectivity index is 2.67. The van der Waals surface area contributed by atoms with Crippen LogP contribution in [0.1, 0.15) is 37.6 Å². The van der Waals surface area contributed by atoms with Gasteiger partial charge in [0.2, 0.25) is 0 Å². The number of halogens is 3. The lowest BCUT2D eigenvalue weighted by atomic mass is 9.90. The van der Waals surface area contributed by atoms with Gasteiger partial charge in [0.05, 0.1) is 17.3 Å². The summed E-state index contributed by atoms with van der Waals surface area (Å²) in [7, 11) is 0. The first-order valence-corrected chi connectivity index (χ1v) is 7.27. The van der Waals surface area contributed by atoms with E-state index in [1.165, 1.54) is 12.1 Å². The van der Waals surface area contributed by atoms with Crippen molar-refractivity contribution in [1.82, 2.24) is 9.78 Å². The molecule has 2 nitrogen and oxygen atoms in total. The third kappa shape index (κ3) is 2.70. The normalized spacial score (nSPS) is 11.9. The van der Waals surface area contributed by atoms with Crippen LogP contribution in [0, 0.1) is 12.7 Å². The van der Waals surface area contributed by atoms with E-state index in [0.29, 0.717) is 11.0 Å². The summed E-state index contributed by atoms with van der Waals surface area (Å²) in [4.78, 5) is 0. The van der Waals surface area contributed by atoms with E-state index >= 15 is 0 Å². The lowest BCUT2D eigenvalue weighted by Gasteiger charge is -2.16. The third-order valence-corrected chi connectivity index (χ3v) is 3.81. The van der Waals surface area contributed by atoms with Crippen molar-refractivity contribution in [3.63, 3.8) is 0 Å². The number of rotatable bonds is 2. The van der Waals surface area contributed by atoms with Crippen LogP contribution in [-0.4, -0.2) is 9.78 Å². The maximum atomic E-state index is 13.2. The van der Waals surface area contributed by atoms with Crippen molar-refractivity contribution >= 4 is 23.2 Å². The summed E-state index contributed by atoms with van der Waals surface area (Å²) in [5, 5.41) is 5.08. The van der Waals surface area contributed by atoms with E-state index in [2.05, 4.69) is 25.9 Å². The number of aromatic nitrogens is 2. The quantitative estimate of drug-likeness (QED) is 0.712. The van der Waals surface area contributed by atoms with Crippen LogP contribution in [-0.2, 0) is 11.3 Å². The first kappa shape index (κ1) is 15.3. The molecule has 0 atom stereocenters. The summed E-state index contributed by atoms with van der Waals surface area (Å²) in [6.07, 6.45) is 0. The predicted octanol–water partition coefficient (Wildman–Crippen LogP) is 5.01. The Morgan fingerprint density at radius 3 is 2.40 bits per heavy atom. The highest BCUT2D eigenvalue weighted by Gasteiger charge is 2.26. The van der Waals surface area contributed by atoms with Crippen LogP contribution in [0.4, 0.5) is 4.39 Å². The Morgan fingerprint density at radius 1 is 1.30 bits per heavy atom. The van der Waals surface area contributed by atoms with Crippen molar-refractivity contribution in [3.8, 4) is 5.69 Å². The van der Waals surface area contributed by atoms with Crippen molar-refractivity contribution in [3.05, 3.63) is 46.0 Å². The molecule has 0 spiro atoms. The second-order valence-corrected chi connectivity index (χ2v) is 6.47. The van der Waals surface area contributed by atoms with Crippen LogP contribution in [0.3, 0.4) is 0 Å². The molecule has 0 aliphatic rings. The Morgan fingerprint density at radius 2 is 1.95 bits per heavy atom. The molecular formula is C15H17Cl2FN2. The van der Waals surface area contributed by atoms with Gasteiger partial charge < -0.3 is 0 Å². The number of hydrogen-bond acceptors (Lipinski definition) is 1. The second-order valence-electron chi connectivity index (χ2n) is 5.84. The molecule has 0 saturated heterocycles. The molecule has 0 fully saturated rings. The zero-order valence-corrected chi connectivity index (χ0v) is 13.5. The minimum atomic E-state index is -0.275. The average molecular weight is 315 g/mol. The Labute approximate surface area is 128 Å². The molecule has 0 N–H and O–H groups in total. The Kier molecular flexibility index (Phi) is 4.12. The summed E-state index contributed by atoms with van der Waals surface area (Å²) in [5.41, 5.74) is 3.06. The SMILES string of the molecule is Cc1cc(F)ccc1-n1nc(C(C)(C)C)c(CCl)c1Cl. The molecule has 0 amide bonds. The van der Waals surface area contributed by atoms with Gasteiger partial charge in [0, 0.05) is 11.0 Å². The van der Waals surface area contributed by atoms with Gasteiger partial charge in [-0.1, -0.05) is 32.4 Å². The molecule has 0 aliphatic carbocycles. The lowest BCUT2D eigenvalue weighted by molar-refractivity contribution is 0.556. The number of alkyl halides is 1. The van der Waals surface area contributed by atoms with Crippen molar-refractivity contribution in [2.45, 2.75) is 39.0 Å². The third-order valence-electron chi connectivity index (χ3n) is 3.15. The molecule has 0 bridgehead atoms. The Bertz CT molecular complexity index is 642. The molecule has 5 heteroatoms. The molecular weight excluding hydrogens is 298 g/mol. The van der Waals surface area contributed by atoms with E-state index in [9.17, 15) is 4.39 Å². The number of benzene rings is 1. The molecule has 0 unspecified atom stereocenters. The van der Waals surface area contributed by atoms with Gasteiger partial charge >= 0.3 is 0 Å². The molecule has 0 aliphatic heterocycles. The van der Waals surface area contributed by atoms with Gasteiger partial charge in [0.25, 0.3) is 0 Å². The summed E-state index contributed by atoms with van der Waals surface area (Å²) >= 11 is 12.4. The van der Waals surface area contributed by atoms with Crippen molar-refractivity contribution in [1.29, 1.82) is 0 Å². The highest BCUT2D eigenvalue weighted by molar-refractivity contribution is 6.31. The zero-order valence-electron chi connectivity index (χ0n) is 12.0. The molecule has 108 valence electrons. The number of hydrogen-bond donors (Lipinski definition) is 0. The minimum Gasteiger partial charge on any atom is -0.221 e. The van der Waals surface area contributed by atoms with E-state index in [-0.39, 0.29) is 11.2 Å². The van der Waals surface area contributed by atoms with Crippen LogP contribution < -0.4 is 0 Å². The fourth-order valence-corrected chi connectivity index (χ4v) is 2.77.